The monoisotopic (exact) mass is 345 g/mol. The van der Waals surface area contributed by atoms with Gasteiger partial charge in [-0.15, -0.1) is 0 Å². The van der Waals surface area contributed by atoms with Gasteiger partial charge in [-0.25, -0.2) is 26.3 Å². The van der Waals surface area contributed by atoms with Crippen molar-refractivity contribution in [2.24, 2.45) is 0 Å². The quantitative estimate of drug-likeness (QED) is 0.791. The van der Waals surface area contributed by atoms with Gasteiger partial charge in [0.2, 0.25) is 10.0 Å². The number of aliphatic hydroxyl groups excluding tert-OH is 1. The van der Waals surface area contributed by atoms with Crippen LogP contribution in [0, 0.1) is 17.5 Å². The van der Waals surface area contributed by atoms with E-state index < -0.39 is 38.4 Å². The van der Waals surface area contributed by atoms with Crippen LogP contribution in [0.2, 0.25) is 0 Å². The molecule has 0 aliphatic heterocycles. The number of aliphatic hydroxyl groups is 1. The molecule has 2 aromatic rings. The maximum Gasteiger partial charge on any atom is 0.244 e. The molecule has 0 heterocycles. The van der Waals surface area contributed by atoms with Crippen molar-refractivity contribution in [1.29, 1.82) is 0 Å². The zero-order valence-electron chi connectivity index (χ0n) is 11.8. The molecule has 23 heavy (non-hydrogen) atoms. The van der Waals surface area contributed by atoms with Crippen molar-refractivity contribution in [2.45, 2.75) is 17.4 Å². The summed E-state index contributed by atoms with van der Waals surface area (Å²) in [6.45, 7) is -0.317. The van der Waals surface area contributed by atoms with Gasteiger partial charge in [-0.2, -0.15) is 0 Å². The maximum atomic E-state index is 13.7. The Morgan fingerprint density at radius 2 is 1.65 bits per heavy atom. The van der Waals surface area contributed by atoms with Crippen LogP contribution in [0.3, 0.4) is 0 Å². The van der Waals surface area contributed by atoms with Crippen LogP contribution in [0.25, 0.3) is 0 Å². The Labute approximate surface area is 131 Å². The van der Waals surface area contributed by atoms with E-state index in [9.17, 15) is 21.6 Å². The highest BCUT2D eigenvalue weighted by Gasteiger charge is 2.27. The summed E-state index contributed by atoms with van der Waals surface area (Å²) in [5.41, 5.74) is 0.549. The number of hydrogen-bond donors (Lipinski definition) is 2. The molecule has 1 atom stereocenters. The van der Waals surface area contributed by atoms with Gasteiger partial charge in [0.05, 0.1) is 0 Å². The summed E-state index contributed by atoms with van der Waals surface area (Å²) in [4.78, 5) is -0.990. The molecule has 0 saturated carbocycles. The summed E-state index contributed by atoms with van der Waals surface area (Å²) in [7, 11) is -4.44. The second-order valence-electron chi connectivity index (χ2n) is 4.77. The molecular formula is C15H14F3NO3S. The lowest BCUT2D eigenvalue weighted by atomic mass is 10.1. The lowest BCUT2D eigenvalue weighted by Crippen LogP contribution is -2.30. The molecule has 0 unspecified atom stereocenters. The van der Waals surface area contributed by atoms with Gasteiger partial charge in [0.15, 0.2) is 17.5 Å². The molecule has 2 aromatic carbocycles. The Morgan fingerprint density at radius 1 is 1.00 bits per heavy atom. The molecule has 0 aromatic heterocycles. The Kier molecular flexibility index (Phi) is 5.40. The first kappa shape index (κ1) is 17.5. The molecule has 0 fully saturated rings. The molecule has 0 amide bonds. The second-order valence-corrected chi connectivity index (χ2v) is 6.45. The van der Waals surface area contributed by atoms with E-state index >= 15 is 0 Å². The van der Waals surface area contributed by atoms with Crippen LogP contribution >= 0.6 is 0 Å². The van der Waals surface area contributed by atoms with Crippen molar-refractivity contribution in [2.75, 3.05) is 6.61 Å². The summed E-state index contributed by atoms with van der Waals surface area (Å²) < 4.78 is 66.6. The van der Waals surface area contributed by atoms with E-state index in [4.69, 9.17) is 5.11 Å². The summed E-state index contributed by atoms with van der Waals surface area (Å²) in [5.74, 6) is -5.11. The lowest BCUT2D eigenvalue weighted by molar-refractivity contribution is 0.272. The van der Waals surface area contributed by atoms with Gasteiger partial charge in [0, 0.05) is 12.6 Å². The van der Waals surface area contributed by atoms with Crippen molar-refractivity contribution in [3.8, 4) is 0 Å². The minimum absolute atomic E-state index is 0.0362. The molecule has 8 heteroatoms. The highest BCUT2D eigenvalue weighted by molar-refractivity contribution is 7.89. The average Bonchev–Trinajstić information content (AvgIpc) is 2.52. The second kappa shape index (κ2) is 7.12. The third-order valence-corrected chi connectivity index (χ3v) is 4.70. The molecule has 0 saturated heterocycles. The first-order chi connectivity index (χ1) is 10.9. The first-order valence-electron chi connectivity index (χ1n) is 6.68. The summed E-state index contributed by atoms with van der Waals surface area (Å²) in [6, 6.07) is 8.68. The van der Waals surface area contributed by atoms with E-state index in [2.05, 4.69) is 4.72 Å². The van der Waals surface area contributed by atoms with Gasteiger partial charge in [0.1, 0.15) is 4.90 Å². The Hall–Kier alpha value is -1.90. The number of hydrogen-bond acceptors (Lipinski definition) is 3. The van der Waals surface area contributed by atoms with Crippen LogP contribution in [-0.2, 0) is 10.0 Å². The van der Waals surface area contributed by atoms with E-state index in [1.54, 1.807) is 30.3 Å². The molecule has 2 rings (SSSR count). The highest BCUT2D eigenvalue weighted by atomic mass is 32.2. The van der Waals surface area contributed by atoms with Crippen LogP contribution in [-0.4, -0.2) is 20.1 Å². The van der Waals surface area contributed by atoms with Gasteiger partial charge in [-0.3, -0.25) is 0 Å². The Morgan fingerprint density at radius 3 is 2.26 bits per heavy atom. The standard InChI is InChI=1S/C15H14F3NO3S/c16-11-6-7-13(15(18)14(11)17)23(21,22)19-12(8-9-20)10-4-2-1-3-5-10/h1-7,12,19-20H,8-9H2/t12-/m1/s1. The predicted octanol–water partition coefficient (Wildman–Crippen LogP) is 2.51. The van der Waals surface area contributed by atoms with E-state index in [1.165, 1.54) is 0 Å². The number of sulfonamides is 1. The molecule has 124 valence electrons. The van der Waals surface area contributed by atoms with Crippen molar-refractivity contribution < 1.29 is 26.7 Å². The predicted molar refractivity (Wildman–Crippen MR) is 77.5 cm³/mol. The molecule has 0 aliphatic rings. The van der Waals surface area contributed by atoms with Crippen molar-refractivity contribution >= 4 is 10.0 Å². The third kappa shape index (κ3) is 3.90. The van der Waals surface area contributed by atoms with E-state index in [1.807, 2.05) is 0 Å². The molecule has 0 bridgehead atoms. The van der Waals surface area contributed by atoms with Gasteiger partial charge < -0.3 is 5.11 Å². The first-order valence-corrected chi connectivity index (χ1v) is 8.16. The molecule has 4 nitrogen and oxygen atoms in total. The van der Waals surface area contributed by atoms with Crippen molar-refractivity contribution in [1.82, 2.24) is 4.72 Å². The third-order valence-electron chi connectivity index (χ3n) is 3.21. The van der Waals surface area contributed by atoms with Gasteiger partial charge in [0.25, 0.3) is 0 Å². The van der Waals surface area contributed by atoms with E-state index in [0.717, 1.165) is 0 Å². The zero-order valence-corrected chi connectivity index (χ0v) is 12.7. The van der Waals surface area contributed by atoms with Crippen molar-refractivity contribution in [3.63, 3.8) is 0 Å². The average molecular weight is 345 g/mol. The van der Waals surface area contributed by atoms with Gasteiger partial charge in [-0.1, -0.05) is 30.3 Å². The minimum Gasteiger partial charge on any atom is -0.396 e. The highest BCUT2D eigenvalue weighted by Crippen LogP contribution is 2.23. The molecule has 0 radical (unpaired) electrons. The van der Waals surface area contributed by atoms with Crippen LogP contribution in [0.15, 0.2) is 47.4 Å². The number of benzene rings is 2. The summed E-state index contributed by atoms with van der Waals surface area (Å²) in [5, 5.41) is 9.08. The maximum absolute atomic E-state index is 13.7. The number of rotatable bonds is 6. The molecule has 0 spiro atoms. The molecular weight excluding hydrogens is 331 g/mol. The Bertz CT molecular complexity index is 782. The van der Waals surface area contributed by atoms with Crippen LogP contribution in [0.4, 0.5) is 13.2 Å². The van der Waals surface area contributed by atoms with E-state index in [0.29, 0.717) is 17.7 Å². The summed E-state index contributed by atoms with van der Waals surface area (Å²) in [6.07, 6.45) is 0.0362. The Balaban J connectivity index is 2.37. The number of halogens is 3. The normalized spacial score (nSPS) is 13.0. The fraction of sp³-hybridized carbons (Fsp3) is 0.200. The van der Waals surface area contributed by atoms with Crippen LogP contribution in [0.1, 0.15) is 18.0 Å². The van der Waals surface area contributed by atoms with Crippen molar-refractivity contribution in [3.05, 3.63) is 65.5 Å². The van der Waals surface area contributed by atoms with Crippen LogP contribution in [0.5, 0.6) is 0 Å². The fourth-order valence-electron chi connectivity index (χ4n) is 2.07. The smallest absolute Gasteiger partial charge is 0.244 e. The zero-order chi connectivity index (χ0) is 17.0. The SMILES string of the molecule is O=S(=O)(N[C@H](CCO)c1ccccc1)c1ccc(F)c(F)c1F. The summed E-state index contributed by atoms with van der Waals surface area (Å²) >= 11 is 0. The lowest BCUT2D eigenvalue weighted by Gasteiger charge is -2.18. The minimum atomic E-state index is -4.44. The van der Waals surface area contributed by atoms with E-state index in [-0.39, 0.29) is 13.0 Å². The molecule has 0 aliphatic carbocycles. The molecule has 2 N–H and O–H groups in total. The van der Waals surface area contributed by atoms with Crippen LogP contribution < -0.4 is 4.72 Å². The largest absolute Gasteiger partial charge is 0.396 e. The fourth-order valence-corrected chi connectivity index (χ4v) is 3.40. The topological polar surface area (TPSA) is 66.4 Å². The number of nitrogens with one attached hydrogen (secondary N) is 1. The van der Waals surface area contributed by atoms with Gasteiger partial charge in [-0.05, 0) is 24.1 Å². The van der Waals surface area contributed by atoms with Gasteiger partial charge >= 0.3 is 0 Å².